The molecule has 11 heteroatoms. The standard InChI is InChI=1S/C17H14ClN5O4S/c1-8-9(2)28-17-15(8)16(25)20-13(21-17)6-14(24)22-19-7-10-3-4-11(18)12(5-10)23(26)27/h3-5,7H,6H2,1-2H3,(H,22,24)(H,20,21,25)/b19-7+. The predicted molar refractivity (Wildman–Crippen MR) is 107 cm³/mol. The van der Waals surface area contributed by atoms with Gasteiger partial charge in [0.05, 0.1) is 22.9 Å². The van der Waals surface area contributed by atoms with E-state index in [4.69, 9.17) is 11.6 Å². The minimum atomic E-state index is -0.607. The molecule has 0 radical (unpaired) electrons. The third-order valence-electron chi connectivity index (χ3n) is 3.99. The second kappa shape index (κ2) is 7.87. The Morgan fingerprint density at radius 2 is 2.21 bits per heavy atom. The summed E-state index contributed by atoms with van der Waals surface area (Å²) in [5.74, 6) is -0.263. The number of nitro groups is 1. The van der Waals surface area contributed by atoms with Crippen molar-refractivity contribution in [2.75, 3.05) is 0 Å². The zero-order valence-corrected chi connectivity index (χ0v) is 16.3. The quantitative estimate of drug-likeness (QED) is 0.373. The molecule has 28 heavy (non-hydrogen) atoms. The van der Waals surface area contributed by atoms with Crippen LogP contribution in [-0.4, -0.2) is 27.0 Å². The lowest BCUT2D eigenvalue weighted by Gasteiger charge is -2.01. The summed E-state index contributed by atoms with van der Waals surface area (Å²) in [5, 5.41) is 15.2. The number of rotatable bonds is 5. The van der Waals surface area contributed by atoms with E-state index in [0.717, 1.165) is 10.4 Å². The van der Waals surface area contributed by atoms with Crippen LogP contribution >= 0.6 is 22.9 Å². The first-order valence-corrected chi connectivity index (χ1v) is 9.20. The highest BCUT2D eigenvalue weighted by molar-refractivity contribution is 7.18. The van der Waals surface area contributed by atoms with E-state index < -0.39 is 10.8 Å². The van der Waals surface area contributed by atoms with Crippen LogP contribution in [0.15, 0.2) is 28.1 Å². The van der Waals surface area contributed by atoms with Crippen molar-refractivity contribution in [3.63, 3.8) is 0 Å². The van der Waals surface area contributed by atoms with Crippen molar-refractivity contribution in [2.24, 2.45) is 5.10 Å². The van der Waals surface area contributed by atoms with E-state index >= 15 is 0 Å². The maximum absolute atomic E-state index is 12.2. The van der Waals surface area contributed by atoms with E-state index in [-0.39, 0.29) is 28.5 Å². The second-order valence-corrected chi connectivity index (χ2v) is 7.52. The summed E-state index contributed by atoms with van der Waals surface area (Å²) < 4.78 is 0. The molecule has 0 saturated heterocycles. The number of fused-ring (bicyclic) bond motifs is 1. The Bertz CT molecular complexity index is 1180. The summed E-state index contributed by atoms with van der Waals surface area (Å²) in [6, 6.07) is 4.14. The van der Waals surface area contributed by atoms with E-state index in [0.29, 0.717) is 15.8 Å². The van der Waals surface area contributed by atoms with Crippen LogP contribution in [0.5, 0.6) is 0 Å². The van der Waals surface area contributed by atoms with E-state index in [1.165, 1.54) is 35.8 Å². The number of carbonyl (C=O) groups excluding carboxylic acids is 1. The first-order chi connectivity index (χ1) is 13.3. The van der Waals surface area contributed by atoms with E-state index in [1.807, 2.05) is 13.8 Å². The van der Waals surface area contributed by atoms with Crippen LogP contribution in [0.25, 0.3) is 10.2 Å². The van der Waals surface area contributed by atoms with Crippen LogP contribution in [0, 0.1) is 24.0 Å². The lowest BCUT2D eigenvalue weighted by atomic mass is 10.2. The molecular formula is C17H14ClN5O4S. The first kappa shape index (κ1) is 19.6. The Kier molecular flexibility index (Phi) is 5.52. The number of nitro benzene ring substituents is 1. The number of aromatic amines is 1. The van der Waals surface area contributed by atoms with Gasteiger partial charge in [-0.2, -0.15) is 5.10 Å². The van der Waals surface area contributed by atoms with Crippen LogP contribution in [-0.2, 0) is 11.2 Å². The smallest absolute Gasteiger partial charge is 0.288 e. The molecule has 0 saturated carbocycles. The number of hydrogen-bond donors (Lipinski definition) is 2. The van der Waals surface area contributed by atoms with Crippen molar-refractivity contribution >= 4 is 51.0 Å². The number of amides is 1. The second-order valence-electron chi connectivity index (χ2n) is 5.91. The Morgan fingerprint density at radius 1 is 1.46 bits per heavy atom. The van der Waals surface area contributed by atoms with Crippen molar-refractivity contribution in [1.29, 1.82) is 0 Å². The summed E-state index contributed by atoms with van der Waals surface area (Å²) in [7, 11) is 0. The molecule has 0 aliphatic carbocycles. The van der Waals surface area contributed by atoms with Gasteiger partial charge in [0.15, 0.2) is 0 Å². The van der Waals surface area contributed by atoms with Crippen molar-refractivity contribution in [1.82, 2.24) is 15.4 Å². The minimum absolute atomic E-state index is 0.00987. The fourth-order valence-electron chi connectivity index (χ4n) is 2.50. The first-order valence-electron chi connectivity index (χ1n) is 8.01. The number of hydrogen-bond acceptors (Lipinski definition) is 7. The number of nitrogens with zero attached hydrogens (tertiary/aromatic N) is 3. The zero-order chi connectivity index (χ0) is 20.4. The van der Waals surface area contributed by atoms with Crippen molar-refractivity contribution in [2.45, 2.75) is 20.3 Å². The number of benzene rings is 1. The number of hydrazone groups is 1. The SMILES string of the molecule is Cc1sc2nc(CC(=O)N/N=C/c3ccc(Cl)c([N+](=O)[O-])c3)[nH]c(=O)c2c1C. The maximum atomic E-state index is 12.2. The highest BCUT2D eigenvalue weighted by Crippen LogP contribution is 2.26. The average molecular weight is 420 g/mol. The van der Waals surface area contributed by atoms with Crippen LogP contribution in [0.3, 0.4) is 0 Å². The van der Waals surface area contributed by atoms with E-state index in [2.05, 4.69) is 20.5 Å². The van der Waals surface area contributed by atoms with Gasteiger partial charge in [0.1, 0.15) is 15.7 Å². The molecule has 2 heterocycles. The van der Waals surface area contributed by atoms with Gasteiger partial charge in [0.25, 0.3) is 11.2 Å². The van der Waals surface area contributed by atoms with Gasteiger partial charge in [-0.3, -0.25) is 19.7 Å². The van der Waals surface area contributed by atoms with Gasteiger partial charge in [-0.1, -0.05) is 17.7 Å². The van der Waals surface area contributed by atoms with Crippen LogP contribution in [0.2, 0.25) is 5.02 Å². The Labute approximate surface area is 167 Å². The number of aryl methyl sites for hydroxylation is 2. The third kappa shape index (κ3) is 4.07. The lowest BCUT2D eigenvalue weighted by molar-refractivity contribution is -0.384. The van der Waals surface area contributed by atoms with Crippen LogP contribution in [0.4, 0.5) is 5.69 Å². The molecule has 0 spiro atoms. The number of nitrogens with one attached hydrogen (secondary N) is 2. The minimum Gasteiger partial charge on any atom is -0.309 e. The molecule has 0 bridgehead atoms. The van der Waals surface area contributed by atoms with E-state index in [9.17, 15) is 19.7 Å². The number of H-pyrrole nitrogens is 1. The Balaban J connectivity index is 1.70. The molecule has 1 amide bonds. The predicted octanol–water partition coefficient (Wildman–Crippen LogP) is 2.86. The molecule has 0 atom stereocenters. The lowest BCUT2D eigenvalue weighted by Crippen LogP contribution is -2.23. The Hall–Kier alpha value is -3.11. The monoisotopic (exact) mass is 419 g/mol. The van der Waals surface area contributed by atoms with Gasteiger partial charge < -0.3 is 4.98 Å². The summed E-state index contributed by atoms with van der Waals surface area (Å²) >= 11 is 7.14. The van der Waals surface area contributed by atoms with E-state index in [1.54, 1.807) is 0 Å². The molecule has 0 aliphatic rings. The van der Waals surface area contributed by atoms with Gasteiger partial charge in [-0.25, -0.2) is 10.4 Å². The molecule has 0 fully saturated rings. The van der Waals surface area contributed by atoms with Gasteiger partial charge in [-0.05, 0) is 25.5 Å². The Morgan fingerprint density at radius 3 is 2.93 bits per heavy atom. The van der Waals surface area contributed by atoms with Gasteiger partial charge in [0, 0.05) is 16.5 Å². The van der Waals surface area contributed by atoms with Crippen molar-refractivity contribution in [3.8, 4) is 0 Å². The van der Waals surface area contributed by atoms with Crippen LogP contribution < -0.4 is 11.0 Å². The normalized spacial score (nSPS) is 11.2. The molecule has 144 valence electrons. The molecule has 0 aliphatic heterocycles. The summed E-state index contributed by atoms with van der Waals surface area (Å²) in [6.07, 6.45) is 1.09. The molecule has 1 aromatic carbocycles. The molecule has 2 N–H and O–H groups in total. The third-order valence-corrected chi connectivity index (χ3v) is 5.41. The van der Waals surface area contributed by atoms with Crippen LogP contribution in [0.1, 0.15) is 21.8 Å². The maximum Gasteiger partial charge on any atom is 0.288 e. The fourth-order valence-corrected chi connectivity index (χ4v) is 3.74. The van der Waals surface area contributed by atoms with Crippen molar-refractivity contribution in [3.05, 3.63) is 65.5 Å². The molecular weight excluding hydrogens is 406 g/mol. The fraction of sp³-hybridized carbons (Fsp3) is 0.176. The molecule has 9 nitrogen and oxygen atoms in total. The van der Waals surface area contributed by atoms with Gasteiger partial charge >= 0.3 is 0 Å². The number of carbonyl (C=O) groups is 1. The highest BCUT2D eigenvalue weighted by Gasteiger charge is 2.14. The zero-order valence-electron chi connectivity index (χ0n) is 14.8. The van der Waals surface area contributed by atoms with Gasteiger partial charge in [0.2, 0.25) is 5.91 Å². The van der Waals surface area contributed by atoms with Crippen molar-refractivity contribution < 1.29 is 9.72 Å². The summed E-state index contributed by atoms with van der Waals surface area (Å²) in [5.41, 5.74) is 3.03. The topological polar surface area (TPSA) is 130 Å². The number of thiophene rings is 1. The average Bonchev–Trinajstić information content (AvgIpc) is 2.90. The van der Waals surface area contributed by atoms with Gasteiger partial charge in [-0.15, -0.1) is 11.3 Å². The largest absolute Gasteiger partial charge is 0.309 e. The number of aromatic nitrogens is 2. The molecule has 0 unspecified atom stereocenters. The highest BCUT2D eigenvalue weighted by atomic mass is 35.5. The number of halogens is 1. The molecule has 3 rings (SSSR count). The molecule has 2 aromatic heterocycles. The summed E-state index contributed by atoms with van der Waals surface area (Å²) in [6.45, 7) is 3.76. The molecule has 3 aromatic rings. The summed E-state index contributed by atoms with van der Waals surface area (Å²) in [4.78, 5) is 43.0.